The maximum absolute atomic E-state index is 14.5. The summed E-state index contributed by atoms with van der Waals surface area (Å²) in [6.45, 7) is 9.75. The highest BCUT2D eigenvalue weighted by Gasteiger charge is 2.67. The Balaban J connectivity index is 1.66. The molecule has 0 unspecified atom stereocenters. The number of carbonyl (C=O) groups is 1. The fourth-order valence-corrected chi connectivity index (χ4v) is 10.8. The van der Waals surface area contributed by atoms with E-state index in [0.717, 1.165) is 64.2 Å². The molecule has 204 valence electrons. The van der Waals surface area contributed by atoms with Gasteiger partial charge in [-0.2, -0.15) is 9.57 Å². The van der Waals surface area contributed by atoms with Crippen molar-refractivity contribution in [2.45, 2.75) is 136 Å². The molecule has 4 saturated carbocycles. The number of nitriles is 1. The Hall–Kier alpha value is -1.13. The van der Waals surface area contributed by atoms with Crippen molar-refractivity contribution < 1.29 is 17.9 Å². The van der Waals surface area contributed by atoms with Crippen LogP contribution in [0.25, 0.3) is 0 Å². The standard InChI is InChI=1S/C29H48N2O4S/c1-21(2)28(5,19-30)26(32)35-25-18-22-16-17-29(25,27(22,3)4)20-36(33,34)31(23-12-8-6-9-13-23)24-14-10-7-11-15-24/h21-25H,6-18,20H2,1-5H3/t22-,25-,28+,29-/m1/s1. The smallest absolute Gasteiger partial charge is 0.326 e. The van der Waals surface area contributed by atoms with Gasteiger partial charge in [-0.3, -0.25) is 4.79 Å². The van der Waals surface area contributed by atoms with E-state index in [0.29, 0.717) is 12.3 Å². The van der Waals surface area contributed by atoms with Crippen molar-refractivity contribution in [1.29, 1.82) is 5.26 Å². The molecule has 6 nitrogen and oxygen atoms in total. The van der Waals surface area contributed by atoms with Gasteiger partial charge in [-0.15, -0.1) is 0 Å². The van der Waals surface area contributed by atoms with E-state index in [-0.39, 0.29) is 29.2 Å². The van der Waals surface area contributed by atoms with Gasteiger partial charge in [-0.25, -0.2) is 8.42 Å². The summed E-state index contributed by atoms with van der Waals surface area (Å²) in [5.74, 6) is -0.300. The molecule has 0 aliphatic heterocycles. The Kier molecular flexibility index (Phi) is 7.91. The van der Waals surface area contributed by atoms with Crippen LogP contribution < -0.4 is 0 Å². The SMILES string of the molecule is CC(C)[C@](C)(C#N)C(=O)O[C@@H]1C[C@H]2CC[C@]1(CS(=O)(=O)N(C1CCCCC1)C1CCCCC1)C2(C)C. The Labute approximate surface area is 219 Å². The van der Waals surface area contributed by atoms with E-state index < -0.39 is 32.9 Å². The molecule has 0 aromatic heterocycles. The molecule has 0 spiro atoms. The predicted molar refractivity (Wildman–Crippen MR) is 141 cm³/mol. The first kappa shape index (κ1) is 27.9. The molecule has 4 aliphatic rings. The molecule has 0 N–H and O–H groups in total. The summed E-state index contributed by atoms with van der Waals surface area (Å²) < 4.78 is 37.1. The number of sulfonamides is 1. The zero-order valence-electron chi connectivity index (χ0n) is 23.2. The molecule has 0 aromatic carbocycles. The molecule has 2 bridgehead atoms. The van der Waals surface area contributed by atoms with Gasteiger partial charge in [0.15, 0.2) is 5.41 Å². The fourth-order valence-electron chi connectivity index (χ4n) is 7.99. The number of carbonyl (C=O) groups excluding carboxylic acids is 1. The van der Waals surface area contributed by atoms with E-state index in [2.05, 4.69) is 19.9 Å². The maximum atomic E-state index is 14.5. The van der Waals surface area contributed by atoms with Crippen LogP contribution in [0.4, 0.5) is 0 Å². The molecular weight excluding hydrogens is 472 g/mol. The van der Waals surface area contributed by atoms with E-state index in [4.69, 9.17) is 4.74 Å². The molecule has 4 fully saturated rings. The first-order valence-electron chi connectivity index (χ1n) is 14.5. The van der Waals surface area contributed by atoms with Crippen LogP contribution in [0.1, 0.15) is 118 Å². The van der Waals surface area contributed by atoms with Crippen molar-refractivity contribution in [2.75, 3.05) is 5.75 Å². The Morgan fingerprint density at radius 3 is 2.00 bits per heavy atom. The topological polar surface area (TPSA) is 87.5 Å². The highest BCUT2D eigenvalue weighted by Crippen LogP contribution is 2.67. The zero-order valence-corrected chi connectivity index (χ0v) is 24.0. The summed E-state index contributed by atoms with van der Waals surface area (Å²) in [5.41, 5.74) is -2.08. The Morgan fingerprint density at radius 1 is 1.03 bits per heavy atom. The number of esters is 1. The molecule has 0 heterocycles. The number of rotatable bonds is 8. The van der Waals surface area contributed by atoms with E-state index >= 15 is 0 Å². The second-order valence-electron chi connectivity index (χ2n) is 13.4. The van der Waals surface area contributed by atoms with E-state index in [1.54, 1.807) is 6.92 Å². The molecule has 36 heavy (non-hydrogen) atoms. The maximum Gasteiger partial charge on any atom is 0.326 e. The summed E-state index contributed by atoms with van der Waals surface area (Å²) in [6.07, 6.45) is 12.6. The van der Waals surface area contributed by atoms with Crippen LogP contribution in [-0.4, -0.2) is 42.6 Å². The van der Waals surface area contributed by atoms with Gasteiger partial charge in [0.1, 0.15) is 6.10 Å². The Bertz CT molecular complexity index is 940. The molecular formula is C29H48N2O4S. The third-order valence-electron chi connectivity index (χ3n) is 11.0. The van der Waals surface area contributed by atoms with Crippen molar-refractivity contribution in [3.05, 3.63) is 0 Å². The number of ether oxygens (including phenoxy) is 1. The third kappa shape index (κ3) is 4.64. The monoisotopic (exact) mass is 520 g/mol. The highest BCUT2D eigenvalue weighted by atomic mass is 32.2. The van der Waals surface area contributed by atoms with Crippen molar-refractivity contribution >= 4 is 16.0 Å². The average Bonchev–Trinajstić information content (AvgIpc) is 3.19. The largest absolute Gasteiger partial charge is 0.461 e. The van der Waals surface area contributed by atoms with Gasteiger partial charge in [0.2, 0.25) is 10.0 Å². The van der Waals surface area contributed by atoms with Gasteiger partial charge in [0, 0.05) is 17.5 Å². The van der Waals surface area contributed by atoms with Crippen LogP contribution in [0.15, 0.2) is 0 Å². The van der Waals surface area contributed by atoms with Gasteiger partial charge >= 0.3 is 5.97 Å². The molecule has 4 atom stereocenters. The lowest BCUT2D eigenvalue weighted by atomic mass is 9.69. The predicted octanol–water partition coefficient (Wildman–Crippen LogP) is 6.21. The van der Waals surface area contributed by atoms with Crippen molar-refractivity contribution in [1.82, 2.24) is 4.31 Å². The number of hydrogen-bond acceptors (Lipinski definition) is 5. The van der Waals surface area contributed by atoms with Gasteiger partial charge in [0.05, 0.1) is 11.8 Å². The first-order chi connectivity index (χ1) is 16.9. The average molecular weight is 521 g/mol. The molecule has 7 heteroatoms. The molecule has 0 amide bonds. The van der Waals surface area contributed by atoms with Gasteiger partial charge < -0.3 is 4.74 Å². The van der Waals surface area contributed by atoms with Crippen LogP contribution in [0, 0.1) is 39.4 Å². The van der Waals surface area contributed by atoms with Crippen LogP contribution >= 0.6 is 0 Å². The minimum Gasteiger partial charge on any atom is -0.461 e. The molecule has 4 aliphatic carbocycles. The van der Waals surface area contributed by atoms with Crippen molar-refractivity contribution in [3.63, 3.8) is 0 Å². The summed E-state index contributed by atoms with van der Waals surface area (Å²) in [5, 5.41) is 9.79. The zero-order chi connectivity index (χ0) is 26.4. The second kappa shape index (κ2) is 10.2. The summed E-state index contributed by atoms with van der Waals surface area (Å²) in [7, 11) is -3.57. The minimum absolute atomic E-state index is 0.0550. The summed E-state index contributed by atoms with van der Waals surface area (Å²) >= 11 is 0. The normalized spacial score (nSPS) is 32.9. The van der Waals surface area contributed by atoms with Crippen LogP contribution in [0.2, 0.25) is 0 Å². The lowest BCUT2D eigenvalue weighted by molar-refractivity contribution is -0.167. The van der Waals surface area contributed by atoms with Gasteiger partial charge in [-0.05, 0) is 69.1 Å². The lowest BCUT2D eigenvalue weighted by Crippen LogP contribution is -2.55. The Morgan fingerprint density at radius 2 is 1.56 bits per heavy atom. The number of nitrogens with zero attached hydrogens (tertiary/aromatic N) is 2. The molecule has 0 saturated heterocycles. The highest BCUT2D eigenvalue weighted by molar-refractivity contribution is 7.89. The first-order valence-corrected chi connectivity index (χ1v) is 16.1. The van der Waals surface area contributed by atoms with E-state index in [1.807, 2.05) is 18.2 Å². The van der Waals surface area contributed by atoms with Crippen LogP contribution in [0.5, 0.6) is 0 Å². The van der Waals surface area contributed by atoms with E-state index in [9.17, 15) is 18.5 Å². The summed E-state index contributed by atoms with van der Waals surface area (Å²) in [4.78, 5) is 13.3. The van der Waals surface area contributed by atoms with Crippen LogP contribution in [-0.2, 0) is 19.6 Å². The van der Waals surface area contributed by atoms with Crippen LogP contribution in [0.3, 0.4) is 0 Å². The van der Waals surface area contributed by atoms with Crippen molar-refractivity contribution in [2.24, 2.45) is 28.1 Å². The quantitative estimate of drug-likeness (QED) is 0.355. The fraction of sp³-hybridized carbons (Fsp3) is 0.931. The lowest BCUT2D eigenvalue weighted by Gasteiger charge is -2.46. The number of fused-ring (bicyclic) bond motifs is 2. The molecule has 4 rings (SSSR count). The van der Waals surface area contributed by atoms with Gasteiger partial charge in [0.25, 0.3) is 0 Å². The molecule has 0 radical (unpaired) electrons. The number of hydrogen-bond donors (Lipinski definition) is 0. The third-order valence-corrected chi connectivity index (χ3v) is 13.2. The van der Waals surface area contributed by atoms with E-state index in [1.165, 1.54) is 12.8 Å². The van der Waals surface area contributed by atoms with Crippen molar-refractivity contribution in [3.8, 4) is 6.07 Å². The minimum atomic E-state index is -3.57. The second-order valence-corrected chi connectivity index (χ2v) is 15.3. The molecule has 0 aromatic rings. The summed E-state index contributed by atoms with van der Waals surface area (Å²) in [6, 6.07) is 2.39. The van der Waals surface area contributed by atoms with Gasteiger partial charge in [-0.1, -0.05) is 66.2 Å².